The second kappa shape index (κ2) is 5.90. The van der Waals surface area contributed by atoms with Gasteiger partial charge in [-0.2, -0.15) is 0 Å². The summed E-state index contributed by atoms with van der Waals surface area (Å²) in [6.07, 6.45) is -3.95. The number of hydrogen-bond donors (Lipinski definition) is 0. The van der Waals surface area contributed by atoms with Crippen LogP contribution in [0.3, 0.4) is 0 Å². The SMILES string of the molecule is COC(=O)O[C@H]([C@H](C)Br)[C@H](F)C=O. The second-order valence-corrected chi connectivity index (χ2v) is 3.74. The van der Waals surface area contributed by atoms with Gasteiger partial charge < -0.3 is 9.47 Å². The van der Waals surface area contributed by atoms with Crippen molar-refractivity contribution in [3.63, 3.8) is 0 Å². The molecule has 0 radical (unpaired) electrons. The molecule has 6 heteroatoms. The molecule has 0 fully saturated rings. The van der Waals surface area contributed by atoms with Gasteiger partial charge in [0.05, 0.1) is 11.9 Å². The fraction of sp³-hybridized carbons (Fsp3) is 0.714. The number of halogens is 2. The van der Waals surface area contributed by atoms with Gasteiger partial charge in [-0.05, 0) is 6.92 Å². The number of alkyl halides is 2. The van der Waals surface area contributed by atoms with Crippen molar-refractivity contribution in [1.29, 1.82) is 0 Å². The largest absolute Gasteiger partial charge is 0.508 e. The monoisotopic (exact) mass is 256 g/mol. The van der Waals surface area contributed by atoms with Crippen LogP contribution in [0.5, 0.6) is 0 Å². The molecule has 0 bridgehead atoms. The molecule has 0 amide bonds. The lowest BCUT2D eigenvalue weighted by molar-refractivity contribution is -0.116. The summed E-state index contributed by atoms with van der Waals surface area (Å²) in [7, 11) is 1.10. The number of aldehydes is 1. The summed E-state index contributed by atoms with van der Waals surface area (Å²) in [5.74, 6) is 0. The van der Waals surface area contributed by atoms with Crippen LogP contribution in [0, 0.1) is 0 Å². The summed E-state index contributed by atoms with van der Waals surface area (Å²) >= 11 is 3.01. The van der Waals surface area contributed by atoms with E-state index in [9.17, 15) is 14.0 Å². The Kier molecular flexibility index (Phi) is 5.61. The molecule has 0 aliphatic heterocycles. The van der Waals surface area contributed by atoms with Gasteiger partial charge in [-0.15, -0.1) is 0 Å². The lowest BCUT2D eigenvalue weighted by Crippen LogP contribution is -2.35. The van der Waals surface area contributed by atoms with Gasteiger partial charge in [0.2, 0.25) is 0 Å². The molecule has 0 saturated heterocycles. The third-order valence-electron chi connectivity index (χ3n) is 1.30. The molecule has 0 saturated carbocycles. The van der Waals surface area contributed by atoms with Crippen LogP contribution >= 0.6 is 15.9 Å². The smallest absolute Gasteiger partial charge is 0.438 e. The molecule has 76 valence electrons. The van der Waals surface area contributed by atoms with Crippen molar-refractivity contribution in [3.8, 4) is 0 Å². The van der Waals surface area contributed by atoms with Gasteiger partial charge in [0.15, 0.2) is 18.6 Å². The Hall–Kier alpha value is -0.650. The zero-order valence-corrected chi connectivity index (χ0v) is 8.78. The highest BCUT2D eigenvalue weighted by molar-refractivity contribution is 9.09. The predicted octanol–water partition coefficient (Wildman–Crippen LogP) is 1.46. The standard InChI is InChI=1S/C7H10BrFO4/c1-4(8)6(5(9)3-10)13-7(11)12-2/h3-6H,1-2H3/t4-,5+,6+/m0/s1. The molecular formula is C7H10BrFO4. The fourth-order valence-electron chi connectivity index (χ4n) is 0.649. The third kappa shape index (κ3) is 4.21. The van der Waals surface area contributed by atoms with Crippen molar-refractivity contribution in [3.05, 3.63) is 0 Å². The van der Waals surface area contributed by atoms with Gasteiger partial charge in [-0.1, -0.05) is 15.9 Å². The minimum atomic E-state index is -1.85. The quantitative estimate of drug-likeness (QED) is 0.434. The molecule has 0 spiro atoms. The zero-order chi connectivity index (χ0) is 10.4. The summed E-state index contributed by atoms with van der Waals surface area (Å²) in [6, 6.07) is 0. The van der Waals surface area contributed by atoms with E-state index in [0.717, 1.165) is 7.11 Å². The second-order valence-electron chi connectivity index (χ2n) is 2.29. The first kappa shape index (κ1) is 12.3. The number of carbonyl (C=O) groups excluding carboxylic acids is 2. The lowest BCUT2D eigenvalue weighted by atomic mass is 10.2. The minimum Gasteiger partial charge on any atom is -0.438 e. The van der Waals surface area contributed by atoms with Crippen LogP contribution in [0.2, 0.25) is 0 Å². The Morgan fingerprint density at radius 1 is 1.62 bits per heavy atom. The number of carbonyl (C=O) groups is 2. The van der Waals surface area contributed by atoms with E-state index in [-0.39, 0.29) is 6.29 Å². The van der Waals surface area contributed by atoms with E-state index in [2.05, 4.69) is 25.4 Å². The van der Waals surface area contributed by atoms with E-state index in [0.29, 0.717) is 0 Å². The number of hydrogen-bond acceptors (Lipinski definition) is 4. The van der Waals surface area contributed by atoms with E-state index < -0.39 is 23.3 Å². The summed E-state index contributed by atoms with van der Waals surface area (Å²) < 4.78 is 21.5. The van der Waals surface area contributed by atoms with Gasteiger partial charge in [-0.25, -0.2) is 9.18 Å². The van der Waals surface area contributed by atoms with E-state index in [4.69, 9.17) is 0 Å². The maximum atomic E-state index is 12.8. The van der Waals surface area contributed by atoms with E-state index in [1.54, 1.807) is 6.92 Å². The van der Waals surface area contributed by atoms with E-state index in [1.807, 2.05) is 0 Å². The first-order valence-electron chi connectivity index (χ1n) is 3.51. The molecule has 4 nitrogen and oxygen atoms in total. The molecule has 0 N–H and O–H groups in total. The first-order chi connectivity index (χ1) is 6.02. The molecule has 0 aromatic carbocycles. The van der Waals surface area contributed by atoms with Crippen LogP contribution in [0.25, 0.3) is 0 Å². The number of rotatable bonds is 4. The van der Waals surface area contributed by atoms with Crippen LogP contribution in [0.4, 0.5) is 9.18 Å². The number of ether oxygens (including phenoxy) is 2. The highest BCUT2D eigenvalue weighted by atomic mass is 79.9. The molecular weight excluding hydrogens is 247 g/mol. The van der Waals surface area contributed by atoms with Crippen molar-refractivity contribution < 1.29 is 23.5 Å². The van der Waals surface area contributed by atoms with Crippen molar-refractivity contribution >= 4 is 28.4 Å². The Balaban J connectivity index is 4.25. The Morgan fingerprint density at radius 3 is 2.46 bits per heavy atom. The van der Waals surface area contributed by atoms with Crippen LogP contribution in [-0.2, 0) is 14.3 Å². The molecule has 0 aliphatic rings. The maximum Gasteiger partial charge on any atom is 0.508 e. The van der Waals surface area contributed by atoms with E-state index in [1.165, 1.54) is 0 Å². The Labute approximate surface area is 83.5 Å². The summed E-state index contributed by atoms with van der Waals surface area (Å²) in [5.41, 5.74) is 0. The van der Waals surface area contributed by atoms with Crippen LogP contribution in [0.15, 0.2) is 0 Å². The average molecular weight is 257 g/mol. The lowest BCUT2D eigenvalue weighted by Gasteiger charge is -2.19. The van der Waals surface area contributed by atoms with Gasteiger partial charge in [0.1, 0.15) is 0 Å². The van der Waals surface area contributed by atoms with Crippen LogP contribution < -0.4 is 0 Å². The molecule has 13 heavy (non-hydrogen) atoms. The fourth-order valence-corrected chi connectivity index (χ4v) is 1.05. The van der Waals surface area contributed by atoms with Gasteiger partial charge in [0, 0.05) is 0 Å². The Morgan fingerprint density at radius 2 is 2.15 bits per heavy atom. The summed E-state index contributed by atoms with van der Waals surface area (Å²) in [5, 5.41) is 0. The highest BCUT2D eigenvalue weighted by Crippen LogP contribution is 2.14. The van der Waals surface area contributed by atoms with E-state index >= 15 is 0 Å². The minimum absolute atomic E-state index is 0.0748. The van der Waals surface area contributed by atoms with Crippen molar-refractivity contribution in [1.82, 2.24) is 0 Å². The first-order valence-corrected chi connectivity index (χ1v) is 4.42. The molecule has 0 aliphatic carbocycles. The third-order valence-corrected chi connectivity index (χ3v) is 1.82. The van der Waals surface area contributed by atoms with Crippen molar-refractivity contribution in [2.75, 3.05) is 7.11 Å². The predicted molar refractivity (Wildman–Crippen MR) is 46.6 cm³/mol. The van der Waals surface area contributed by atoms with Gasteiger partial charge in [0.25, 0.3) is 0 Å². The summed E-state index contributed by atoms with van der Waals surface area (Å²) in [4.78, 5) is 20.2. The normalized spacial score (nSPS) is 16.9. The topological polar surface area (TPSA) is 52.6 Å². The highest BCUT2D eigenvalue weighted by Gasteiger charge is 2.29. The van der Waals surface area contributed by atoms with Gasteiger partial charge in [-0.3, -0.25) is 4.79 Å². The van der Waals surface area contributed by atoms with Crippen molar-refractivity contribution in [2.24, 2.45) is 0 Å². The molecule has 3 atom stereocenters. The van der Waals surface area contributed by atoms with Crippen molar-refractivity contribution in [2.45, 2.75) is 24.0 Å². The molecule has 0 rings (SSSR count). The molecule has 0 aromatic rings. The average Bonchev–Trinajstić information content (AvgIpc) is 2.11. The van der Waals surface area contributed by atoms with Crippen LogP contribution in [0.1, 0.15) is 6.92 Å². The number of methoxy groups -OCH3 is 1. The summed E-state index contributed by atoms with van der Waals surface area (Å²) in [6.45, 7) is 1.56. The molecule has 0 unspecified atom stereocenters. The van der Waals surface area contributed by atoms with Crippen LogP contribution in [-0.4, -0.2) is 36.7 Å². The maximum absolute atomic E-state index is 12.8. The van der Waals surface area contributed by atoms with Gasteiger partial charge >= 0.3 is 6.16 Å². The molecule has 0 aromatic heterocycles. The molecule has 0 heterocycles. The Bertz CT molecular complexity index is 185. The zero-order valence-electron chi connectivity index (χ0n) is 7.20.